The molecule has 0 amide bonds. The summed E-state index contributed by atoms with van der Waals surface area (Å²) in [5.41, 5.74) is 5.46. The Hall–Kier alpha value is -0.830. The van der Waals surface area contributed by atoms with Crippen molar-refractivity contribution in [1.29, 1.82) is 0 Å². The largest absolute Gasteiger partial charge is 0.478 e. The van der Waals surface area contributed by atoms with Gasteiger partial charge in [0.15, 0.2) is 0 Å². The van der Waals surface area contributed by atoms with Gasteiger partial charge in [-0.2, -0.15) is 0 Å². The predicted octanol–water partition coefficient (Wildman–Crippen LogP) is 0.612. The number of carbonyl (C=O) groups is 1. The molecule has 0 rings (SSSR count). The van der Waals surface area contributed by atoms with E-state index in [4.69, 9.17) is 10.8 Å². The average molecular weight is 143 g/mol. The van der Waals surface area contributed by atoms with Crippen molar-refractivity contribution < 1.29 is 9.90 Å². The maximum Gasteiger partial charge on any atom is 0.332 e. The van der Waals surface area contributed by atoms with Crippen molar-refractivity contribution in [3.63, 3.8) is 0 Å². The number of hydrogen-bond acceptors (Lipinski definition) is 2. The van der Waals surface area contributed by atoms with Crippen LogP contribution in [0.25, 0.3) is 0 Å². The van der Waals surface area contributed by atoms with Crippen LogP contribution in [0, 0.1) is 5.92 Å². The van der Waals surface area contributed by atoms with Crippen molar-refractivity contribution in [2.45, 2.75) is 13.8 Å². The fraction of sp³-hybridized carbons (Fsp3) is 0.571. The van der Waals surface area contributed by atoms with Gasteiger partial charge in [-0.25, -0.2) is 4.79 Å². The molecule has 0 aromatic heterocycles. The Bertz CT molecular complexity index is 150. The number of hydrogen-bond donors (Lipinski definition) is 2. The first-order valence-electron chi connectivity index (χ1n) is 3.22. The van der Waals surface area contributed by atoms with Crippen molar-refractivity contribution in [2.75, 3.05) is 6.54 Å². The minimum Gasteiger partial charge on any atom is -0.478 e. The summed E-state index contributed by atoms with van der Waals surface area (Å²) in [6.07, 6.45) is 1.66. The zero-order valence-corrected chi connectivity index (χ0v) is 6.29. The molecule has 0 radical (unpaired) electrons. The molecule has 0 unspecified atom stereocenters. The van der Waals surface area contributed by atoms with E-state index < -0.39 is 5.97 Å². The number of nitrogens with two attached hydrogens (primary N) is 1. The molecule has 0 saturated carbocycles. The van der Waals surface area contributed by atoms with Crippen LogP contribution < -0.4 is 5.73 Å². The van der Waals surface area contributed by atoms with Crippen LogP contribution in [0.2, 0.25) is 0 Å². The Morgan fingerprint density at radius 2 is 2.20 bits per heavy atom. The molecule has 0 atom stereocenters. The van der Waals surface area contributed by atoms with E-state index in [2.05, 4.69) is 0 Å². The molecule has 0 bridgehead atoms. The summed E-state index contributed by atoms with van der Waals surface area (Å²) in [6, 6.07) is 0. The normalized spacial score (nSPS) is 12.2. The molecular weight excluding hydrogens is 130 g/mol. The number of carboxylic acids is 1. The highest BCUT2D eigenvalue weighted by Crippen LogP contribution is 2.00. The summed E-state index contributed by atoms with van der Waals surface area (Å²) in [5.74, 6) is -0.675. The Morgan fingerprint density at radius 3 is 2.30 bits per heavy atom. The lowest BCUT2D eigenvalue weighted by molar-refractivity contribution is -0.132. The molecule has 0 aliphatic rings. The van der Waals surface area contributed by atoms with Crippen LogP contribution in [-0.4, -0.2) is 17.6 Å². The lowest BCUT2D eigenvalue weighted by Gasteiger charge is -1.99. The first kappa shape index (κ1) is 9.17. The standard InChI is InChI=1S/C7H13NO2/c1-5(2)3-6(4-8)7(9)10/h3,5H,4,8H2,1-2H3,(H,9,10)/b6-3-. The number of rotatable bonds is 3. The van der Waals surface area contributed by atoms with Crippen molar-refractivity contribution in [1.82, 2.24) is 0 Å². The second-order valence-electron chi connectivity index (χ2n) is 2.45. The fourth-order valence-corrected chi connectivity index (χ4v) is 0.629. The number of aliphatic carboxylic acids is 1. The lowest BCUT2D eigenvalue weighted by Crippen LogP contribution is -2.12. The van der Waals surface area contributed by atoms with Crippen LogP contribution >= 0.6 is 0 Å². The van der Waals surface area contributed by atoms with Gasteiger partial charge in [0.05, 0.1) is 0 Å². The van der Waals surface area contributed by atoms with Crippen molar-refractivity contribution in [3.05, 3.63) is 11.6 Å². The number of carboxylic acid groups (broad SMARTS) is 1. The van der Waals surface area contributed by atoms with Crippen LogP contribution in [0.1, 0.15) is 13.8 Å². The average Bonchev–Trinajstić information content (AvgIpc) is 1.81. The van der Waals surface area contributed by atoms with Gasteiger partial charge in [0, 0.05) is 12.1 Å². The van der Waals surface area contributed by atoms with Crippen LogP contribution in [0.5, 0.6) is 0 Å². The predicted molar refractivity (Wildman–Crippen MR) is 39.6 cm³/mol. The van der Waals surface area contributed by atoms with E-state index in [1.807, 2.05) is 13.8 Å². The summed E-state index contributed by atoms with van der Waals surface area (Å²) >= 11 is 0. The first-order valence-corrected chi connectivity index (χ1v) is 3.22. The molecule has 0 aliphatic carbocycles. The van der Waals surface area contributed by atoms with Crippen molar-refractivity contribution in [2.24, 2.45) is 11.7 Å². The molecule has 0 saturated heterocycles. The molecule has 10 heavy (non-hydrogen) atoms. The maximum absolute atomic E-state index is 10.3. The molecule has 0 fully saturated rings. The lowest BCUT2D eigenvalue weighted by atomic mass is 10.1. The van der Waals surface area contributed by atoms with E-state index in [-0.39, 0.29) is 18.0 Å². The smallest absolute Gasteiger partial charge is 0.332 e. The zero-order valence-electron chi connectivity index (χ0n) is 6.29. The van der Waals surface area contributed by atoms with E-state index in [0.717, 1.165) is 0 Å². The zero-order chi connectivity index (χ0) is 8.15. The summed E-state index contributed by atoms with van der Waals surface area (Å²) in [4.78, 5) is 10.3. The van der Waals surface area contributed by atoms with E-state index >= 15 is 0 Å². The molecule has 58 valence electrons. The SMILES string of the molecule is CC(C)/C=C(/CN)C(=O)O. The monoisotopic (exact) mass is 143 g/mol. The summed E-state index contributed by atoms with van der Waals surface area (Å²) in [7, 11) is 0. The van der Waals surface area contributed by atoms with E-state index in [1.165, 1.54) is 0 Å². The van der Waals surface area contributed by atoms with E-state index in [1.54, 1.807) is 6.08 Å². The molecule has 0 aliphatic heterocycles. The van der Waals surface area contributed by atoms with Gasteiger partial charge in [-0.3, -0.25) is 0 Å². The van der Waals surface area contributed by atoms with Gasteiger partial charge in [0.1, 0.15) is 0 Å². The minimum absolute atomic E-state index is 0.105. The highest BCUT2D eigenvalue weighted by atomic mass is 16.4. The Morgan fingerprint density at radius 1 is 1.70 bits per heavy atom. The van der Waals surface area contributed by atoms with Gasteiger partial charge < -0.3 is 10.8 Å². The van der Waals surface area contributed by atoms with Crippen molar-refractivity contribution in [3.8, 4) is 0 Å². The van der Waals surface area contributed by atoms with Crippen LogP contribution in [0.3, 0.4) is 0 Å². The Balaban J connectivity index is 4.19. The van der Waals surface area contributed by atoms with E-state index in [9.17, 15) is 4.79 Å². The topological polar surface area (TPSA) is 63.3 Å². The van der Waals surface area contributed by atoms with Crippen LogP contribution in [-0.2, 0) is 4.79 Å². The highest BCUT2D eigenvalue weighted by molar-refractivity contribution is 5.86. The molecule has 0 aromatic rings. The second-order valence-corrected chi connectivity index (χ2v) is 2.45. The molecule has 3 N–H and O–H groups in total. The Labute approximate surface area is 60.5 Å². The fourth-order valence-electron chi connectivity index (χ4n) is 0.629. The van der Waals surface area contributed by atoms with Gasteiger partial charge in [0.25, 0.3) is 0 Å². The summed E-state index contributed by atoms with van der Waals surface area (Å²) in [5, 5.41) is 8.47. The van der Waals surface area contributed by atoms with E-state index in [0.29, 0.717) is 0 Å². The highest BCUT2D eigenvalue weighted by Gasteiger charge is 2.03. The van der Waals surface area contributed by atoms with Gasteiger partial charge in [-0.05, 0) is 5.92 Å². The molecular formula is C7H13NO2. The minimum atomic E-state index is -0.920. The molecule has 3 nitrogen and oxygen atoms in total. The van der Waals surface area contributed by atoms with Gasteiger partial charge in [-0.1, -0.05) is 19.9 Å². The Kier molecular flexibility index (Phi) is 3.72. The third kappa shape index (κ3) is 3.25. The third-order valence-electron chi connectivity index (χ3n) is 1.03. The van der Waals surface area contributed by atoms with Crippen LogP contribution in [0.15, 0.2) is 11.6 Å². The van der Waals surface area contributed by atoms with Gasteiger partial charge in [0.2, 0.25) is 0 Å². The first-order chi connectivity index (χ1) is 4.57. The second kappa shape index (κ2) is 4.06. The van der Waals surface area contributed by atoms with Gasteiger partial charge in [-0.15, -0.1) is 0 Å². The van der Waals surface area contributed by atoms with Gasteiger partial charge >= 0.3 is 5.97 Å². The molecule has 0 heterocycles. The van der Waals surface area contributed by atoms with Crippen LogP contribution in [0.4, 0.5) is 0 Å². The summed E-state index contributed by atoms with van der Waals surface area (Å²) in [6.45, 7) is 3.94. The van der Waals surface area contributed by atoms with Crippen molar-refractivity contribution >= 4 is 5.97 Å². The number of allylic oxidation sites excluding steroid dienone is 1. The third-order valence-corrected chi connectivity index (χ3v) is 1.03. The summed E-state index contributed by atoms with van der Waals surface area (Å²) < 4.78 is 0. The maximum atomic E-state index is 10.3. The molecule has 0 aromatic carbocycles. The molecule has 0 spiro atoms. The molecule has 3 heteroatoms. The quantitative estimate of drug-likeness (QED) is 0.569.